The van der Waals surface area contributed by atoms with Gasteiger partial charge >= 0.3 is 137 Å². The van der Waals surface area contributed by atoms with Crippen LogP contribution in [0.1, 0.15) is 59.3 Å². The molecule has 0 radical (unpaired) electrons. The van der Waals surface area contributed by atoms with Crippen LogP contribution in [-0.2, 0) is 4.79 Å². The number of carbonyl (C=O) groups is 1. The molecular formula is C15H29IO2Sn. The molecule has 0 heterocycles. The molecule has 1 N–H and O–H groups in total. The fourth-order valence-electron chi connectivity index (χ4n) is 2.51. The Morgan fingerprint density at radius 2 is 1.37 bits per heavy atom. The molecule has 0 aliphatic heterocycles. The summed E-state index contributed by atoms with van der Waals surface area (Å²) in [5.41, 5.74) is 0. The van der Waals surface area contributed by atoms with Crippen molar-refractivity contribution in [2.75, 3.05) is 0 Å². The fraction of sp³-hybridized carbons (Fsp3) is 0.800. The molecule has 0 saturated carbocycles. The van der Waals surface area contributed by atoms with Crippen LogP contribution in [0.4, 0.5) is 0 Å². The van der Waals surface area contributed by atoms with Crippen molar-refractivity contribution < 1.29 is 9.90 Å². The predicted molar refractivity (Wildman–Crippen MR) is 94.6 cm³/mol. The van der Waals surface area contributed by atoms with Crippen LogP contribution in [0.2, 0.25) is 13.3 Å². The molecule has 4 heteroatoms. The second-order valence-electron chi connectivity index (χ2n) is 5.47. The van der Waals surface area contributed by atoms with Crippen molar-refractivity contribution in [2.45, 2.75) is 72.6 Å². The van der Waals surface area contributed by atoms with Crippen LogP contribution in [0.25, 0.3) is 0 Å². The van der Waals surface area contributed by atoms with Gasteiger partial charge in [0.1, 0.15) is 0 Å². The zero-order valence-corrected chi connectivity index (χ0v) is 17.7. The summed E-state index contributed by atoms with van der Waals surface area (Å²) in [6, 6.07) is 0. The topological polar surface area (TPSA) is 37.3 Å². The number of halogens is 1. The quantitative estimate of drug-likeness (QED) is 0.228. The molecule has 0 aliphatic carbocycles. The van der Waals surface area contributed by atoms with Gasteiger partial charge in [0.05, 0.1) is 0 Å². The Morgan fingerprint density at radius 1 is 1.00 bits per heavy atom. The third-order valence-electron chi connectivity index (χ3n) is 3.72. The Hall–Kier alpha value is 0.739. The number of unbranched alkanes of at least 4 members (excludes halogenated alkanes) is 3. The average molecular weight is 487 g/mol. The molecule has 0 aromatic heterocycles. The Balaban J connectivity index is 5.07. The van der Waals surface area contributed by atoms with E-state index in [2.05, 4.69) is 24.9 Å². The van der Waals surface area contributed by atoms with Crippen LogP contribution >= 0.6 is 22.6 Å². The molecule has 0 spiro atoms. The van der Waals surface area contributed by atoms with E-state index >= 15 is 0 Å². The molecule has 0 fully saturated rings. The van der Waals surface area contributed by atoms with Gasteiger partial charge in [-0.15, -0.1) is 0 Å². The molecule has 0 aromatic carbocycles. The van der Waals surface area contributed by atoms with Crippen molar-refractivity contribution in [2.24, 2.45) is 0 Å². The molecule has 0 rings (SSSR count). The summed E-state index contributed by atoms with van der Waals surface area (Å²) < 4.78 is 6.86. The molecule has 0 aliphatic rings. The van der Waals surface area contributed by atoms with Gasteiger partial charge in [0.15, 0.2) is 0 Å². The van der Waals surface area contributed by atoms with Gasteiger partial charge in [-0.25, -0.2) is 0 Å². The standard InChI is InChI=1S/3C4H9.C3H2IO2.Sn/c3*1-3-4-2;1-2(4)3(5)6;/h3*1,3-4H2,2H3;1H,(H,5,6);. The summed E-state index contributed by atoms with van der Waals surface area (Å²) in [7, 11) is 0. The summed E-state index contributed by atoms with van der Waals surface area (Å²) in [5.74, 6) is -0.730. The Morgan fingerprint density at radius 3 is 1.63 bits per heavy atom. The fourth-order valence-corrected chi connectivity index (χ4v) is 21.3. The van der Waals surface area contributed by atoms with Crippen LogP contribution in [0.15, 0.2) is 7.67 Å². The molecule has 0 unspecified atom stereocenters. The minimum absolute atomic E-state index is 0.580. The van der Waals surface area contributed by atoms with Gasteiger partial charge in [0, 0.05) is 0 Å². The summed E-state index contributed by atoms with van der Waals surface area (Å²) in [5, 5.41) is 9.18. The van der Waals surface area contributed by atoms with Crippen molar-refractivity contribution in [1.29, 1.82) is 0 Å². The Kier molecular flexibility index (Phi) is 11.8. The normalized spacial score (nSPS) is 12.7. The van der Waals surface area contributed by atoms with E-state index in [-0.39, 0.29) is 0 Å². The number of carboxylic acid groups (broad SMARTS) is 1. The molecular weight excluding hydrogens is 458 g/mol. The summed E-state index contributed by atoms with van der Waals surface area (Å²) >= 11 is -0.350. The molecule has 0 amide bonds. The van der Waals surface area contributed by atoms with E-state index in [9.17, 15) is 9.90 Å². The van der Waals surface area contributed by atoms with Crippen molar-refractivity contribution in [3.05, 3.63) is 7.67 Å². The van der Waals surface area contributed by atoms with E-state index in [1.54, 1.807) is 0 Å². The molecule has 0 bridgehead atoms. The molecule has 0 atom stereocenters. The first-order chi connectivity index (χ1) is 9.01. The number of aliphatic carboxylic acids is 1. The van der Waals surface area contributed by atoms with E-state index in [0.717, 1.165) is 0 Å². The van der Waals surface area contributed by atoms with Crippen molar-refractivity contribution in [1.82, 2.24) is 0 Å². The van der Waals surface area contributed by atoms with Gasteiger partial charge in [0.25, 0.3) is 0 Å². The van der Waals surface area contributed by atoms with Crippen molar-refractivity contribution in [3.63, 3.8) is 0 Å². The number of hydrogen-bond donors (Lipinski definition) is 1. The third kappa shape index (κ3) is 8.58. The summed E-state index contributed by atoms with van der Waals surface area (Å²) in [4.78, 5) is 11.2. The average Bonchev–Trinajstić information content (AvgIpc) is 2.40. The van der Waals surface area contributed by atoms with Gasteiger partial charge in [-0.1, -0.05) is 0 Å². The van der Waals surface area contributed by atoms with Crippen molar-refractivity contribution in [3.8, 4) is 0 Å². The van der Waals surface area contributed by atoms with Gasteiger partial charge in [-0.05, 0) is 0 Å². The van der Waals surface area contributed by atoms with Crippen LogP contribution < -0.4 is 0 Å². The van der Waals surface area contributed by atoms with Crippen LogP contribution in [0.3, 0.4) is 0 Å². The van der Waals surface area contributed by atoms with E-state index in [0.29, 0.717) is 3.58 Å². The van der Waals surface area contributed by atoms with Gasteiger partial charge < -0.3 is 0 Å². The first-order valence-electron chi connectivity index (χ1n) is 7.63. The zero-order chi connectivity index (χ0) is 14.7. The van der Waals surface area contributed by atoms with Crippen LogP contribution in [0, 0.1) is 0 Å². The molecule has 0 aromatic rings. The van der Waals surface area contributed by atoms with Gasteiger partial charge in [-0.3, -0.25) is 0 Å². The molecule has 19 heavy (non-hydrogen) atoms. The van der Waals surface area contributed by atoms with Crippen molar-refractivity contribution >= 4 is 46.9 Å². The Bertz CT molecular complexity index is 268. The van der Waals surface area contributed by atoms with Crippen LogP contribution in [0.5, 0.6) is 0 Å². The molecule has 112 valence electrons. The second-order valence-corrected chi connectivity index (χ2v) is 19.5. The Labute approximate surface area is 136 Å². The number of hydrogen-bond acceptors (Lipinski definition) is 1. The number of rotatable bonds is 11. The molecule has 2 nitrogen and oxygen atoms in total. The zero-order valence-electron chi connectivity index (χ0n) is 12.7. The first kappa shape index (κ1) is 19.7. The summed E-state index contributed by atoms with van der Waals surface area (Å²) in [6.45, 7) is 6.71. The minimum atomic E-state index is -2.38. The summed E-state index contributed by atoms with van der Waals surface area (Å²) in [6.07, 6.45) is 7.54. The molecule has 0 saturated heterocycles. The SMILES string of the molecule is CCC[CH2][Sn](/[CH]=C(\I)C(=O)O)([CH2]CCC)[CH2]CCC. The predicted octanol–water partition coefficient (Wildman–Crippen LogP) is 5.78. The van der Waals surface area contributed by atoms with Gasteiger partial charge in [0.2, 0.25) is 0 Å². The monoisotopic (exact) mass is 488 g/mol. The van der Waals surface area contributed by atoms with E-state index in [1.165, 1.54) is 51.8 Å². The van der Waals surface area contributed by atoms with Gasteiger partial charge in [-0.2, -0.15) is 0 Å². The second kappa shape index (κ2) is 11.4. The van der Waals surface area contributed by atoms with E-state index < -0.39 is 24.3 Å². The van der Waals surface area contributed by atoms with E-state index in [4.69, 9.17) is 0 Å². The maximum absolute atomic E-state index is 11.2. The maximum atomic E-state index is 11.2. The third-order valence-corrected chi connectivity index (χ3v) is 20.3. The number of carboxylic acids is 1. The first-order valence-corrected chi connectivity index (χ1v) is 16.4. The van der Waals surface area contributed by atoms with Crippen LogP contribution in [-0.4, -0.2) is 29.5 Å². The van der Waals surface area contributed by atoms with E-state index in [1.807, 2.05) is 22.6 Å².